The summed E-state index contributed by atoms with van der Waals surface area (Å²) in [5.74, 6) is -0.704. The van der Waals surface area contributed by atoms with Crippen LogP contribution in [-0.2, 0) is 0 Å². The van der Waals surface area contributed by atoms with Crippen molar-refractivity contribution in [2.45, 2.75) is 6.92 Å². The van der Waals surface area contributed by atoms with Gasteiger partial charge in [-0.1, -0.05) is 12.1 Å². The zero-order valence-electron chi connectivity index (χ0n) is 9.42. The standard InChI is InChI=1S/C11H9FN4O2/c1-6-2-3-7(4-8(6)12)9-10(16(17)18)11(13)15-5-14-9/h2-5H,1H3,(H2,13,14,15). The quantitative estimate of drug-likeness (QED) is 0.648. The highest BCUT2D eigenvalue weighted by atomic mass is 19.1. The van der Waals surface area contributed by atoms with E-state index in [1.807, 2.05) is 0 Å². The van der Waals surface area contributed by atoms with Crippen molar-refractivity contribution < 1.29 is 9.31 Å². The molecule has 1 aromatic heterocycles. The van der Waals surface area contributed by atoms with E-state index in [-0.39, 0.29) is 11.5 Å². The summed E-state index contributed by atoms with van der Waals surface area (Å²) < 4.78 is 13.5. The third-order valence-corrected chi connectivity index (χ3v) is 2.48. The van der Waals surface area contributed by atoms with Gasteiger partial charge in [0.2, 0.25) is 5.82 Å². The fourth-order valence-electron chi connectivity index (χ4n) is 1.52. The van der Waals surface area contributed by atoms with Gasteiger partial charge in [-0.2, -0.15) is 0 Å². The number of aryl methyl sites for hydroxylation is 1. The summed E-state index contributed by atoms with van der Waals surface area (Å²) >= 11 is 0. The van der Waals surface area contributed by atoms with Crippen LogP contribution >= 0.6 is 0 Å². The molecule has 0 aliphatic carbocycles. The van der Waals surface area contributed by atoms with Crippen LogP contribution in [-0.4, -0.2) is 14.9 Å². The molecule has 2 aromatic rings. The maximum absolute atomic E-state index is 13.5. The van der Waals surface area contributed by atoms with E-state index in [2.05, 4.69) is 9.97 Å². The predicted molar refractivity (Wildman–Crippen MR) is 63.2 cm³/mol. The van der Waals surface area contributed by atoms with Crippen LogP contribution in [0.15, 0.2) is 24.5 Å². The molecule has 1 heterocycles. The summed E-state index contributed by atoms with van der Waals surface area (Å²) in [6.45, 7) is 1.60. The molecule has 0 saturated heterocycles. The number of nitrogens with two attached hydrogens (primary N) is 1. The van der Waals surface area contributed by atoms with Gasteiger partial charge < -0.3 is 5.73 Å². The summed E-state index contributed by atoms with van der Waals surface area (Å²) in [5, 5.41) is 10.9. The highest BCUT2D eigenvalue weighted by molar-refractivity contribution is 5.75. The van der Waals surface area contributed by atoms with Gasteiger partial charge in [0.05, 0.1) is 4.92 Å². The van der Waals surface area contributed by atoms with Crippen molar-refractivity contribution in [1.82, 2.24) is 9.97 Å². The molecule has 0 unspecified atom stereocenters. The molecule has 7 heteroatoms. The predicted octanol–water partition coefficient (Wildman–Crippen LogP) is 2.08. The Hall–Kier alpha value is -2.57. The molecule has 0 spiro atoms. The first kappa shape index (κ1) is 11.9. The number of nitrogen functional groups attached to an aromatic ring is 1. The van der Waals surface area contributed by atoms with E-state index in [4.69, 9.17) is 5.73 Å². The Labute approximate surface area is 101 Å². The molecule has 2 N–H and O–H groups in total. The molecule has 0 amide bonds. The lowest BCUT2D eigenvalue weighted by molar-refractivity contribution is -0.383. The molecule has 0 aliphatic rings. The van der Waals surface area contributed by atoms with Crippen LogP contribution in [0.4, 0.5) is 15.9 Å². The number of halogens is 1. The van der Waals surface area contributed by atoms with Crippen LogP contribution < -0.4 is 5.73 Å². The molecule has 18 heavy (non-hydrogen) atoms. The molecule has 0 saturated carbocycles. The largest absolute Gasteiger partial charge is 0.378 e. The molecule has 0 fully saturated rings. The fourth-order valence-corrected chi connectivity index (χ4v) is 1.52. The molecule has 0 bridgehead atoms. The number of nitrogens with zero attached hydrogens (tertiary/aromatic N) is 3. The first-order chi connectivity index (χ1) is 8.50. The SMILES string of the molecule is Cc1ccc(-c2ncnc(N)c2[N+](=O)[O-])cc1F. The van der Waals surface area contributed by atoms with Gasteiger partial charge in [0, 0.05) is 5.56 Å². The van der Waals surface area contributed by atoms with E-state index in [0.717, 1.165) is 6.33 Å². The lowest BCUT2D eigenvalue weighted by Crippen LogP contribution is -2.02. The van der Waals surface area contributed by atoms with Crippen molar-refractivity contribution in [1.29, 1.82) is 0 Å². The number of hydrogen-bond acceptors (Lipinski definition) is 5. The molecule has 0 atom stereocenters. The summed E-state index contributed by atoms with van der Waals surface area (Å²) in [4.78, 5) is 17.6. The molecule has 92 valence electrons. The van der Waals surface area contributed by atoms with Crippen LogP contribution in [0.1, 0.15) is 5.56 Å². The number of benzene rings is 1. The fraction of sp³-hybridized carbons (Fsp3) is 0.0909. The molecule has 2 rings (SSSR count). The number of nitro groups is 1. The van der Waals surface area contributed by atoms with E-state index in [1.165, 1.54) is 12.1 Å². The first-order valence-electron chi connectivity index (χ1n) is 5.02. The Morgan fingerprint density at radius 1 is 1.39 bits per heavy atom. The van der Waals surface area contributed by atoms with Crippen LogP contribution in [0, 0.1) is 22.9 Å². The van der Waals surface area contributed by atoms with Crippen LogP contribution in [0.3, 0.4) is 0 Å². The van der Waals surface area contributed by atoms with Gasteiger partial charge in [0.25, 0.3) is 0 Å². The second-order valence-corrected chi connectivity index (χ2v) is 3.68. The first-order valence-corrected chi connectivity index (χ1v) is 5.02. The van der Waals surface area contributed by atoms with E-state index in [1.54, 1.807) is 13.0 Å². The average molecular weight is 248 g/mol. The van der Waals surface area contributed by atoms with Crippen molar-refractivity contribution in [2.24, 2.45) is 0 Å². The highest BCUT2D eigenvalue weighted by Gasteiger charge is 2.22. The third-order valence-electron chi connectivity index (χ3n) is 2.48. The van der Waals surface area contributed by atoms with Crippen LogP contribution in [0.5, 0.6) is 0 Å². The average Bonchev–Trinajstić information content (AvgIpc) is 2.32. The van der Waals surface area contributed by atoms with Crippen LogP contribution in [0.2, 0.25) is 0 Å². The molecular weight excluding hydrogens is 239 g/mol. The minimum absolute atomic E-state index is 0.00593. The van der Waals surface area contributed by atoms with E-state index >= 15 is 0 Å². The normalized spacial score (nSPS) is 10.3. The molecule has 0 radical (unpaired) electrons. The van der Waals surface area contributed by atoms with Gasteiger partial charge in [0.1, 0.15) is 12.1 Å². The van der Waals surface area contributed by atoms with Crippen molar-refractivity contribution >= 4 is 11.5 Å². The lowest BCUT2D eigenvalue weighted by Gasteiger charge is -2.04. The van der Waals surface area contributed by atoms with Gasteiger partial charge in [-0.15, -0.1) is 0 Å². The Bertz CT molecular complexity index is 630. The van der Waals surface area contributed by atoms with Crippen LogP contribution in [0.25, 0.3) is 11.3 Å². The summed E-state index contributed by atoms with van der Waals surface area (Å²) in [5.41, 5.74) is 5.77. The van der Waals surface area contributed by atoms with Gasteiger partial charge in [-0.25, -0.2) is 14.4 Å². The topological polar surface area (TPSA) is 94.9 Å². The van der Waals surface area contributed by atoms with Crippen molar-refractivity contribution in [3.8, 4) is 11.3 Å². The molecular formula is C11H9FN4O2. The van der Waals surface area contributed by atoms with Gasteiger partial charge in [-0.05, 0) is 18.6 Å². The number of rotatable bonds is 2. The molecule has 1 aromatic carbocycles. The Kier molecular flexibility index (Phi) is 2.88. The number of aromatic nitrogens is 2. The van der Waals surface area contributed by atoms with Crippen molar-refractivity contribution in [2.75, 3.05) is 5.73 Å². The Balaban J connectivity index is 2.67. The lowest BCUT2D eigenvalue weighted by atomic mass is 10.1. The zero-order chi connectivity index (χ0) is 13.3. The van der Waals surface area contributed by atoms with Gasteiger partial charge >= 0.3 is 5.69 Å². The highest BCUT2D eigenvalue weighted by Crippen LogP contribution is 2.31. The van der Waals surface area contributed by atoms with E-state index < -0.39 is 16.4 Å². The third kappa shape index (κ3) is 1.97. The van der Waals surface area contributed by atoms with Gasteiger partial charge in [-0.3, -0.25) is 10.1 Å². The summed E-state index contributed by atoms with van der Waals surface area (Å²) in [7, 11) is 0. The smallest absolute Gasteiger partial charge is 0.337 e. The monoisotopic (exact) mass is 248 g/mol. The molecule has 6 nitrogen and oxygen atoms in total. The molecule has 0 aliphatic heterocycles. The minimum Gasteiger partial charge on any atom is -0.378 e. The van der Waals surface area contributed by atoms with Gasteiger partial charge in [0.15, 0.2) is 5.69 Å². The zero-order valence-corrected chi connectivity index (χ0v) is 9.42. The summed E-state index contributed by atoms with van der Waals surface area (Å²) in [6.07, 6.45) is 1.11. The summed E-state index contributed by atoms with van der Waals surface area (Å²) in [6, 6.07) is 4.25. The van der Waals surface area contributed by atoms with E-state index in [9.17, 15) is 14.5 Å². The number of anilines is 1. The Morgan fingerprint density at radius 2 is 2.11 bits per heavy atom. The minimum atomic E-state index is -0.678. The maximum Gasteiger partial charge on any atom is 0.337 e. The second-order valence-electron chi connectivity index (χ2n) is 3.68. The van der Waals surface area contributed by atoms with E-state index in [0.29, 0.717) is 11.1 Å². The number of hydrogen-bond donors (Lipinski definition) is 1. The van der Waals surface area contributed by atoms with Crippen molar-refractivity contribution in [3.05, 3.63) is 46.0 Å². The van der Waals surface area contributed by atoms with Crippen molar-refractivity contribution in [3.63, 3.8) is 0 Å². The Morgan fingerprint density at radius 3 is 2.72 bits per heavy atom. The maximum atomic E-state index is 13.5. The second kappa shape index (κ2) is 4.36.